The van der Waals surface area contributed by atoms with E-state index >= 15 is 0 Å². The van der Waals surface area contributed by atoms with E-state index in [1.165, 1.54) is 23.5 Å². The van der Waals surface area contributed by atoms with Crippen molar-refractivity contribution in [3.05, 3.63) is 58.9 Å². The number of piperazine rings is 1. The molecule has 10 heteroatoms. The molecular formula is C21H22N6O3S. The molecule has 0 radical (unpaired) electrons. The van der Waals surface area contributed by atoms with Gasteiger partial charge in [0.05, 0.1) is 17.6 Å². The lowest BCUT2D eigenvalue weighted by molar-refractivity contribution is 0.102. The van der Waals surface area contributed by atoms with Gasteiger partial charge in [-0.25, -0.2) is 4.98 Å². The number of benzene rings is 1. The first kappa shape index (κ1) is 20.8. The number of pyridine rings is 1. The average Bonchev–Trinajstić information content (AvgIpc) is 3.28. The number of nitrogens with one attached hydrogen (secondary N) is 3. The predicted octanol–water partition coefficient (Wildman–Crippen LogP) is 2.33. The summed E-state index contributed by atoms with van der Waals surface area (Å²) < 4.78 is 0. The molecule has 0 aliphatic carbocycles. The van der Waals surface area contributed by atoms with Gasteiger partial charge in [0, 0.05) is 49.9 Å². The van der Waals surface area contributed by atoms with E-state index in [0.29, 0.717) is 34.9 Å². The number of hydrogen-bond donors (Lipinski definition) is 4. The van der Waals surface area contributed by atoms with Crippen molar-refractivity contribution in [3.8, 4) is 5.75 Å². The third-order valence-corrected chi connectivity index (χ3v) is 5.73. The number of nitrogens with zero attached hydrogens (tertiary/aromatic N) is 3. The van der Waals surface area contributed by atoms with Gasteiger partial charge in [-0.15, -0.1) is 11.3 Å². The molecule has 160 valence electrons. The highest BCUT2D eigenvalue weighted by molar-refractivity contribution is 7.13. The summed E-state index contributed by atoms with van der Waals surface area (Å²) in [6, 6.07) is 6.51. The van der Waals surface area contributed by atoms with E-state index in [0.717, 1.165) is 37.4 Å². The average molecular weight is 439 g/mol. The number of hydrogen-bond acceptors (Lipinski definition) is 9. The quantitative estimate of drug-likeness (QED) is 0.415. The number of thiazole rings is 1. The first-order valence-electron chi connectivity index (χ1n) is 9.81. The van der Waals surface area contributed by atoms with Gasteiger partial charge < -0.3 is 26.0 Å². The maximum atomic E-state index is 12.7. The van der Waals surface area contributed by atoms with Gasteiger partial charge in [0.25, 0.3) is 5.91 Å². The zero-order chi connectivity index (χ0) is 21.6. The van der Waals surface area contributed by atoms with Gasteiger partial charge in [0.2, 0.25) is 0 Å². The predicted molar refractivity (Wildman–Crippen MR) is 120 cm³/mol. The van der Waals surface area contributed by atoms with Crippen molar-refractivity contribution in [1.82, 2.24) is 15.3 Å². The second-order valence-corrected chi connectivity index (χ2v) is 7.83. The second kappa shape index (κ2) is 9.54. The van der Waals surface area contributed by atoms with E-state index < -0.39 is 0 Å². The number of aldehydes is 1. The maximum absolute atomic E-state index is 12.7. The SMILES string of the molecule is O=Cc1cc(O)ccc1CNc1nc(C(=O)Nc2cnccc2N2CCNCC2)cs1. The summed E-state index contributed by atoms with van der Waals surface area (Å²) in [4.78, 5) is 34.6. The molecule has 31 heavy (non-hydrogen) atoms. The minimum atomic E-state index is -0.313. The molecule has 3 heterocycles. The van der Waals surface area contributed by atoms with E-state index in [2.05, 4.69) is 30.8 Å². The first-order chi connectivity index (χ1) is 15.1. The Kier molecular flexibility index (Phi) is 6.39. The largest absolute Gasteiger partial charge is 0.508 e. The Labute approximate surface area is 183 Å². The maximum Gasteiger partial charge on any atom is 0.275 e. The number of phenolic OH excluding ortho intramolecular Hbond substituents is 1. The molecule has 1 amide bonds. The van der Waals surface area contributed by atoms with Crippen molar-refractivity contribution in [2.45, 2.75) is 6.54 Å². The van der Waals surface area contributed by atoms with Crippen LogP contribution in [0.3, 0.4) is 0 Å². The molecule has 1 saturated heterocycles. The van der Waals surface area contributed by atoms with Gasteiger partial charge in [0.15, 0.2) is 11.4 Å². The molecule has 1 aliphatic heterocycles. The van der Waals surface area contributed by atoms with Crippen molar-refractivity contribution in [2.75, 3.05) is 41.7 Å². The fourth-order valence-electron chi connectivity index (χ4n) is 3.33. The van der Waals surface area contributed by atoms with Crippen molar-refractivity contribution in [2.24, 2.45) is 0 Å². The summed E-state index contributed by atoms with van der Waals surface area (Å²) in [6.07, 6.45) is 4.06. The zero-order valence-electron chi connectivity index (χ0n) is 16.7. The van der Waals surface area contributed by atoms with Crippen LogP contribution in [0.25, 0.3) is 0 Å². The lowest BCUT2D eigenvalue weighted by atomic mass is 10.1. The summed E-state index contributed by atoms with van der Waals surface area (Å²) in [5.74, 6) is -0.276. The van der Waals surface area contributed by atoms with Crippen LogP contribution in [0.2, 0.25) is 0 Å². The number of aromatic hydroxyl groups is 1. The molecular weight excluding hydrogens is 416 g/mol. The molecule has 1 aliphatic rings. The minimum Gasteiger partial charge on any atom is -0.508 e. The highest BCUT2D eigenvalue weighted by Gasteiger charge is 2.18. The number of carbonyl (C=O) groups is 2. The standard InChI is InChI=1S/C21H22N6O3S/c28-12-15-9-16(29)2-1-14(15)10-24-21-26-18(13-31-21)20(30)25-17-11-23-4-3-19(17)27-7-5-22-6-8-27/h1-4,9,11-13,22,29H,5-8,10H2,(H,24,26)(H,25,30). The number of aromatic nitrogens is 2. The summed E-state index contributed by atoms with van der Waals surface area (Å²) in [6.45, 7) is 3.85. The number of rotatable bonds is 7. The molecule has 0 bridgehead atoms. The van der Waals surface area contributed by atoms with Crippen LogP contribution in [0, 0.1) is 0 Å². The Morgan fingerprint density at radius 3 is 2.94 bits per heavy atom. The van der Waals surface area contributed by atoms with E-state index in [4.69, 9.17) is 0 Å². The highest BCUT2D eigenvalue weighted by Crippen LogP contribution is 2.26. The van der Waals surface area contributed by atoms with Crippen LogP contribution in [0.1, 0.15) is 26.4 Å². The van der Waals surface area contributed by atoms with Gasteiger partial charge in [-0.1, -0.05) is 6.07 Å². The molecule has 4 rings (SSSR count). The third kappa shape index (κ3) is 4.98. The summed E-state index contributed by atoms with van der Waals surface area (Å²) >= 11 is 1.30. The topological polar surface area (TPSA) is 119 Å². The van der Waals surface area contributed by atoms with Crippen molar-refractivity contribution >= 4 is 40.0 Å². The van der Waals surface area contributed by atoms with Crippen molar-refractivity contribution in [1.29, 1.82) is 0 Å². The molecule has 0 saturated carbocycles. The summed E-state index contributed by atoms with van der Waals surface area (Å²) in [5, 5.41) is 21.1. The molecule has 2 aromatic heterocycles. The van der Waals surface area contributed by atoms with Gasteiger partial charge in [-0.2, -0.15) is 0 Å². The van der Waals surface area contributed by atoms with Crippen LogP contribution < -0.4 is 20.9 Å². The zero-order valence-corrected chi connectivity index (χ0v) is 17.5. The lowest BCUT2D eigenvalue weighted by Gasteiger charge is -2.30. The second-order valence-electron chi connectivity index (χ2n) is 6.98. The molecule has 1 fully saturated rings. The van der Waals surface area contributed by atoms with Crippen LogP contribution in [0.15, 0.2) is 42.0 Å². The fraction of sp³-hybridized carbons (Fsp3) is 0.238. The molecule has 3 aromatic rings. The normalized spacial score (nSPS) is 13.6. The van der Waals surface area contributed by atoms with Crippen molar-refractivity contribution < 1.29 is 14.7 Å². The smallest absolute Gasteiger partial charge is 0.275 e. The van der Waals surface area contributed by atoms with Crippen LogP contribution in [-0.4, -0.2) is 53.4 Å². The summed E-state index contributed by atoms with van der Waals surface area (Å²) in [7, 11) is 0. The number of anilines is 3. The van der Waals surface area contributed by atoms with Crippen LogP contribution in [0.5, 0.6) is 5.75 Å². The molecule has 0 unspecified atom stereocenters. The van der Waals surface area contributed by atoms with E-state index in [1.807, 2.05) is 6.07 Å². The lowest BCUT2D eigenvalue weighted by Crippen LogP contribution is -2.43. The molecule has 9 nitrogen and oxygen atoms in total. The summed E-state index contributed by atoms with van der Waals surface area (Å²) in [5.41, 5.74) is 3.01. The fourth-order valence-corrected chi connectivity index (χ4v) is 4.02. The number of phenols is 1. The Balaban J connectivity index is 1.42. The Morgan fingerprint density at radius 2 is 2.13 bits per heavy atom. The van der Waals surface area contributed by atoms with E-state index in [9.17, 15) is 14.7 Å². The van der Waals surface area contributed by atoms with E-state index in [-0.39, 0.29) is 11.7 Å². The Hall–Kier alpha value is -3.50. The van der Waals surface area contributed by atoms with E-state index in [1.54, 1.807) is 23.8 Å². The van der Waals surface area contributed by atoms with Crippen LogP contribution in [-0.2, 0) is 6.54 Å². The number of carbonyl (C=O) groups excluding carboxylic acids is 2. The third-order valence-electron chi connectivity index (χ3n) is 4.93. The Morgan fingerprint density at radius 1 is 1.29 bits per heavy atom. The minimum absolute atomic E-state index is 0.0367. The number of amides is 1. The van der Waals surface area contributed by atoms with Crippen molar-refractivity contribution in [3.63, 3.8) is 0 Å². The first-order valence-corrected chi connectivity index (χ1v) is 10.7. The molecule has 0 atom stereocenters. The molecule has 1 aromatic carbocycles. The molecule has 4 N–H and O–H groups in total. The van der Waals surface area contributed by atoms with Gasteiger partial charge in [-0.05, 0) is 23.8 Å². The molecule has 0 spiro atoms. The van der Waals surface area contributed by atoms with Gasteiger partial charge in [-0.3, -0.25) is 14.6 Å². The van der Waals surface area contributed by atoms with Gasteiger partial charge >= 0.3 is 0 Å². The van der Waals surface area contributed by atoms with Crippen LogP contribution in [0.4, 0.5) is 16.5 Å². The highest BCUT2D eigenvalue weighted by atomic mass is 32.1. The van der Waals surface area contributed by atoms with Gasteiger partial charge in [0.1, 0.15) is 11.4 Å². The monoisotopic (exact) mass is 438 g/mol. The Bertz CT molecular complexity index is 1080. The van der Waals surface area contributed by atoms with Crippen LogP contribution >= 0.6 is 11.3 Å².